The molecule has 1 aromatic carbocycles. The fourth-order valence-corrected chi connectivity index (χ4v) is 1.71. The van der Waals surface area contributed by atoms with Gasteiger partial charge in [-0.3, -0.25) is 0 Å². The van der Waals surface area contributed by atoms with Crippen LogP contribution in [0.2, 0.25) is 0 Å². The molecule has 0 bridgehead atoms. The molecule has 0 spiro atoms. The van der Waals surface area contributed by atoms with Gasteiger partial charge in [-0.15, -0.1) is 0 Å². The second kappa shape index (κ2) is 9.07. The van der Waals surface area contributed by atoms with Gasteiger partial charge in [-0.25, -0.2) is 9.59 Å². The van der Waals surface area contributed by atoms with Crippen molar-refractivity contribution in [3.63, 3.8) is 0 Å². The first-order chi connectivity index (χ1) is 10.5. The van der Waals surface area contributed by atoms with E-state index in [1.165, 1.54) is 0 Å². The normalized spacial score (nSPS) is 11.9. The second-order valence-electron chi connectivity index (χ2n) is 5.29. The molecule has 0 aliphatic carbocycles. The smallest absolute Gasteiger partial charge is 0.347 e. The predicted octanol–water partition coefficient (Wildman–Crippen LogP) is 3.22. The Hall–Kier alpha value is -2.04. The first kappa shape index (κ1) is 18.0. The van der Waals surface area contributed by atoms with Crippen LogP contribution >= 0.6 is 0 Å². The monoisotopic (exact) mass is 308 g/mol. The van der Waals surface area contributed by atoms with E-state index in [0.717, 1.165) is 0 Å². The van der Waals surface area contributed by atoms with Gasteiger partial charge in [-0.2, -0.15) is 0 Å². The fourth-order valence-electron chi connectivity index (χ4n) is 1.71. The Balaban J connectivity index is 2.72. The van der Waals surface area contributed by atoms with Gasteiger partial charge >= 0.3 is 11.9 Å². The Morgan fingerprint density at radius 3 is 2.45 bits per heavy atom. The maximum Gasteiger partial charge on any atom is 0.347 e. The van der Waals surface area contributed by atoms with Gasteiger partial charge in [0.1, 0.15) is 5.75 Å². The molecule has 0 heterocycles. The van der Waals surface area contributed by atoms with Gasteiger partial charge in [0.2, 0.25) is 0 Å². The third-order valence-corrected chi connectivity index (χ3v) is 2.82. The average molecular weight is 308 g/mol. The summed E-state index contributed by atoms with van der Waals surface area (Å²) >= 11 is 0. The van der Waals surface area contributed by atoms with E-state index >= 15 is 0 Å². The quantitative estimate of drug-likeness (QED) is 0.690. The van der Waals surface area contributed by atoms with Crippen molar-refractivity contribution >= 4 is 11.9 Å². The fraction of sp³-hybridized carbons (Fsp3) is 0.529. The van der Waals surface area contributed by atoms with Crippen LogP contribution in [0.1, 0.15) is 44.5 Å². The molecule has 0 radical (unpaired) electrons. The molecule has 1 rings (SSSR count). The molecule has 5 nitrogen and oxygen atoms in total. The Morgan fingerprint density at radius 1 is 1.14 bits per heavy atom. The first-order valence-electron chi connectivity index (χ1n) is 7.58. The van der Waals surface area contributed by atoms with E-state index in [1.54, 1.807) is 31.2 Å². The highest BCUT2D eigenvalue weighted by atomic mass is 16.6. The molecular weight excluding hydrogens is 284 g/mol. The van der Waals surface area contributed by atoms with Crippen LogP contribution < -0.4 is 4.74 Å². The molecule has 5 heteroatoms. The maximum absolute atomic E-state index is 12.0. The zero-order valence-electron chi connectivity index (χ0n) is 13.6. The lowest BCUT2D eigenvalue weighted by Gasteiger charge is -2.17. The van der Waals surface area contributed by atoms with Crippen LogP contribution in [-0.4, -0.2) is 31.3 Å². The lowest BCUT2D eigenvalue weighted by atomic mass is 10.2. The number of hydrogen-bond acceptors (Lipinski definition) is 5. The lowest BCUT2D eigenvalue weighted by molar-refractivity contribution is -0.153. The Labute approximate surface area is 131 Å². The molecule has 0 aliphatic rings. The molecule has 1 atom stereocenters. The molecule has 0 saturated carbocycles. The van der Waals surface area contributed by atoms with Gasteiger partial charge in [0, 0.05) is 0 Å². The van der Waals surface area contributed by atoms with Crippen LogP contribution in [0, 0.1) is 5.92 Å². The highest BCUT2D eigenvalue weighted by Crippen LogP contribution is 2.17. The zero-order chi connectivity index (χ0) is 16.5. The summed E-state index contributed by atoms with van der Waals surface area (Å²) < 4.78 is 15.8. The van der Waals surface area contributed by atoms with E-state index in [4.69, 9.17) is 14.2 Å². The van der Waals surface area contributed by atoms with E-state index in [0.29, 0.717) is 30.9 Å². The van der Waals surface area contributed by atoms with Crippen molar-refractivity contribution in [1.82, 2.24) is 0 Å². The van der Waals surface area contributed by atoms with Crippen molar-refractivity contribution in [2.75, 3.05) is 13.2 Å². The number of esters is 2. The lowest BCUT2D eigenvalue weighted by Crippen LogP contribution is -2.29. The van der Waals surface area contributed by atoms with Crippen molar-refractivity contribution in [2.45, 2.75) is 40.2 Å². The van der Waals surface area contributed by atoms with Crippen molar-refractivity contribution in [3.8, 4) is 5.75 Å². The summed E-state index contributed by atoms with van der Waals surface area (Å²) in [7, 11) is 0. The standard InChI is InChI=1S/C17H24O5/c1-5-15(17(19)21-11-12(3)4)22-14-9-7-8-13(10-14)16(18)20-6-2/h7-10,12,15H,5-6,11H2,1-4H3. The molecule has 0 fully saturated rings. The minimum Gasteiger partial charge on any atom is -0.479 e. The summed E-state index contributed by atoms with van der Waals surface area (Å²) in [6.45, 7) is 8.20. The summed E-state index contributed by atoms with van der Waals surface area (Å²) in [5.74, 6) is -0.0892. The summed E-state index contributed by atoms with van der Waals surface area (Å²) in [5.41, 5.74) is 0.393. The number of rotatable bonds is 8. The molecule has 0 N–H and O–H groups in total. The van der Waals surface area contributed by atoms with Gasteiger partial charge in [0.15, 0.2) is 6.10 Å². The van der Waals surface area contributed by atoms with E-state index in [-0.39, 0.29) is 5.92 Å². The number of carbonyl (C=O) groups excluding carboxylic acids is 2. The number of benzene rings is 1. The van der Waals surface area contributed by atoms with Crippen LogP contribution in [0.5, 0.6) is 5.75 Å². The van der Waals surface area contributed by atoms with Gasteiger partial charge in [0.05, 0.1) is 18.8 Å². The molecule has 0 aliphatic heterocycles. The largest absolute Gasteiger partial charge is 0.479 e. The third-order valence-electron chi connectivity index (χ3n) is 2.82. The van der Waals surface area contributed by atoms with E-state index in [9.17, 15) is 9.59 Å². The molecule has 1 aromatic rings. The average Bonchev–Trinajstić information content (AvgIpc) is 2.50. The third kappa shape index (κ3) is 5.76. The number of ether oxygens (including phenoxy) is 3. The number of hydrogen-bond donors (Lipinski definition) is 0. The van der Waals surface area contributed by atoms with Crippen LogP contribution in [0.25, 0.3) is 0 Å². The van der Waals surface area contributed by atoms with Crippen molar-refractivity contribution in [2.24, 2.45) is 5.92 Å². The molecule has 22 heavy (non-hydrogen) atoms. The van der Waals surface area contributed by atoms with Gasteiger partial charge in [0.25, 0.3) is 0 Å². The highest BCUT2D eigenvalue weighted by molar-refractivity contribution is 5.89. The molecule has 1 unspecified atom stereocenters. The molecule has 122 valence electrons. The minimum absolute atomic E-state index is 0.272. The second-order valence-corrected chi connectivity index (χ2v) is 5.29. The summed E-state index contributed by atoms with van der Waals surface area (Å²) in [6, 6.07) is 6.59. The molecular formula is C17H24O5. The Morgan fingerprint density at radius 2 is 1.86 bits per heavy atom. The van der Waals surface area contributed by atoms with Crippen LogP contribution in [0.3, 0.4) is 0 Å². The first-order valence-corrected chi connectivity index (χ1v) is 7.58. The molecule has 0 aromatic heterocycles. The van der Waals surface area contributed by atoms with Gasteiger partial charge in [-0.05, 0) is 37.5 Å². The number of carbonyl (C=O) groups is 2. The van der Waals surface area contributed by atoms with Crippen molar-refractivity contribution in [3.05, 3.63) is 29.8 Å². The highest BCUT2D eigenvalue weighted by Gasteiger charge is 2.21. The molecule has 0 saturated heterocycles. The summed E-state index contributed by atoms with van der Waals surface area (Å²) in [5, 5.41) is 0. The van der Waals surface area contributed by atoms with E-state index < -0.39 is 18.0 Å². The van der Waals surface area contributed by atoms with Gasteiger partial charge in [-0.1, -0.05) is 26.8 Å². The Kier molecular flexibility index (Phi) is 7.43. The predicted molar refractivity (Wildman–Crippen MR) is 82.9 cm³/mol. The minimum atomic E-state index is -0.684. The van der Waals surface area contributed by atoms with Gasteiger partial charge < -0.3 is 14.2 Å². The van der Waals surface area contributed by atoms with Crippen LogP contribution in [0.4, 0.5) is 0 Å². The van der Waals surface area contributed by atoms with Crippen molar-refractivity contribution in [1.29, 1.82) is 0 Å². The SMILES string of the molecule is CCOC(=O)c1cccc(OC(CC)C(=O)OCC(C)C)c1. The summed E-state index contributed by atoms with van der Waals surface area (Å²) in [6.07, 6.45) is -0.197. The Bertz CT molecular complexity index is 496. The van der Waals surface area contributed by atoms with Crippen molar-refractivity contribution < 1.29 is 23.8 Å². The van der Waals surface area contributed by atoms with Crippen LogP contribution in [0.15, 0.2) is 24.3 Å². The molecule has 0 amide bonds. The summed E-state index contributed by atoms with van der Waals surface area (Å²) in [4.78, 5) is 23.7. The van der Waals surface area contributed by atoms with E-state index in [1.807, 2.05) is 20.8 Å². The van der Waals surface area contributed by atoms with Crippen LogP contribution in [-0.2, 0) is 14.3 Å². The maximum atomic E-state index is 12.0. The topological polar surface area (TPSA) is 61.8 Å². The van der Waals surface area contributed by atoms with E-state index in [2.05, 4.69) is 0 Å². The zero-order valence-corrected chi connectivity index (χ0v) is 13.6.